The number of nitrogens with zero attached hydrogens (tertiary/aromatic N) is 2. The molecular weight excluding hydrogens is 316 g/mol. The zero-order chi connectivity index (χ0) is 13.8. The third-order valence-corrected chi connectivity index (χ3v) is 3.24. The van der Waals surface area contributed by atoms with Gasteiger partial charge in [0.15, 0.2) is 0 Å². The highest BCUT2D eigenvalue weighted by Gasteiger charge is 2.27. The summed E-state index contributed by atoms with van der Waals surface area (Å²) in [4.78, 5) is 28.5. The van der Waals surface area contributed by atoms with Crippen molar-refractivity contribution in [2.75, 3.05) is 19.7 Å². The Bertz CT molecular complexity index is 477. The molecule has 0 saturated carbocycles. The van der Waals surface area contributed by atoms with Crippen molar-refractivity contribution < 1.29 is 19.4 Å². The minimum atomic E-state index is -0.930. The molecule has 0 radical (unpaired) electrons. The zero-order valence-electron chi connectivity index (χ0n) is 10.1. The van der Waals surface area contributed by atoms with E-state index in [1.54, 1.807) is 23.2 Å². The Labute approximate surface area is 118 Å². The van der Waals surface area contributed by atoms with Gasteiger partial charge in [0.05, 0.1) is 19.1 Å². The second kappa shape index (κ2) is 6.12. The molecule has 0 spiro atoms. The number of rotatable bonds is 3. The molecule has 6 nitrogen and oxygen atoms in total. The molecule has 1 aromatic heterocycles. The number of aromatic nitrogens is 1. The number of amides is 1. The van der Waals surface area contributed by atoms with E-state index in [1.165, 1.54) is 0 Å². The summed E-state index contributed by atoms with van der Waals surface area (Å²) in [7, 11) is 0. The first-order valence-corrected chi connectivity index (χ1v) is 6.60. The molecule has 1 amide bonds. The molecule has 7 heteroatoms. The highest BCUT2D eigenvalue weighted by molar-refractivity contribution is 9.10. The highest BCUT2D eigenvalue weighted by atomic mass is 79.9. The predicted molar refractivity (Wildman–Crippen MR) is 69.8 cm³/mol. The van der Waals surface area contributed by atoms with Crippen LogP contribution in [-0.4, -0.2) is 52.7 Å². The molecule has 1 unspecified atom stereocenters. The lowest BCUT2D eigenvalue weighted by Crippen LogP contribution is -2.46. The molecule has 1 aliphatic heterocycles. The lowest BCUT2D eigenvalue weighted by atomic mass is 10.2. The van der Waals surface area contributed by atoms with Gasteiger partial charge in [0.2, 0.25) is 0 Å². The maximum atomic E-state index is 12.2. The van der Waals surface area contributed by atoms with Gasteiger partial charge in [0.25, 0.3) is 5.91 Å². The van der Waals surface area contributed by atoms with E-state index in [-0.39, 0.29) is 18.9 Å². The summed E-state index contributed by atoms with van der Waals surface area (Å²) in [6.45, 7) is 1.08. The van der Waals surface area contributed by atoms with Gasteiger partial charge in [0.1, 0.15) is 5.69 Å². The third-order valence-electron chi connectivity index (χ3n) is 2.77. The van der Waals surface area contributed by atoms with Crippen LogP contribution in [0.5, 0.6) is 0 Å². The summed E-state index contributed by atoms with van der Waals surface area (Å²) in [5.41, 5.74) is 0.346. The maximum Gasteiger partial charge on any atom is 0.306 e. The van der Waals surface area contributed by atoms with Crippen molar-refractivity contribution in [2.24, 2.45) is 0 Å². The van der Waals surface area contributed by atoms with Crippen molar-refractivity contribution in [3.63, 3.8) is 0 Å². The number of morpholine rings is 1. The molecule has 1 aliphatic rings. The average Bonchev–Trinajstić information content (AvgIpc) is 2.38. The van der Waals surface area contributed by atoms with Crippen LogP contribution in [0.2, 0.25) is 0 Å². The number of carboxylic acids is 1. The molecule has 102 valence electrons. The number of aliphatic carboxylic acids is 1. The van der Waals surface area contributed by atoms with Crippen LogP contribution in [0.4, 0.5) is 0 Å². The van der Waals surface area contributed by atoms with Crippen LogP contribution in [-0.2, 0) is 9.53 Å². The normalized spacial score (nSPS) is 19.2. The van der Waals surface area contributed by atoms with Crippen LogP contribution in [0.25, 0.3) is 0 Å². The third kappa shape index (κ3) is 3.74. The Morgan fingerprint density at radius 3 is 2.95 bits per heavy atom. The van der Waals surface area contributed by atoms with Crippen molar-refractivity contribution in [1.29, 1.82) is 0 Å². The summed E-state index contributed by atoms with van der Waals surface area (Å²) < 4.78 is 6.12. The van der Waals surface area contributed by atoms with E-state index in [1.807, 2.05) is 0 Å². The fourth-order valence-electron chi connectivity index (χ4n) is 1.89. The summed E-state index contributed by atoms with van der Waals surface area (Å²) in [5, 5.41) is 8.74. The topological polar surface area (TPSA) is 79.7 Å². The Balaban J connectivity index is 2.02. The molecule has 0 aliphatic carbocycles. The lowest BCUT2D eigenvalue weighted by Gasteiger charge is -2.32. The number of carboxylic acid groups (broad SMARTS) is 1. The fourth-order valence-corrected chi connectivity index (χ4v) is 2.12. The molecule has 1 atom stereocenters. The van der Waals surface area contributed by atoms with E-state index in [4.69, 9.17) is 9.84 Å². The fraction of sp³-hybridized carbons (Fsp3) is 0.417. The highest BCUT2D eigenvalue weighted by Crippen LogP contribution is 2.13. The molecule has 0 bridgehead atoms. The predicted octanol–water partition coefficient (Wildman–Crippen LogP) is 1.16. The Hall–Kier alpha value is -1.47. The van der Waals surface area contributed by atoms with Gasteiger partial charge >= 0.3 is 5.97 Å². The maximum absolute atomic E-state index is 12.2. The van der Waals surface area contributed by atoms with Crippen LogP contribution >= 0.6 is 15.9 Å². The van der Waals surface area contributed by atoms with E-state index in [0.717, 1.165) is 4.47 Å². The van der Waals surface area contributed by atoms with Gasteiger partial charge in [-0.2, -0.15) is 0 Å². The van der Waals surface area contributed by atoms with Crippen LogP contribution in [0.1, 0.15) is 16.9 Å². The quantitative estimate of drug-likeness (QED) is 0.900. The smallest absolute Gasteiger partial charge is 0.306 e. The molecule has 0 aromatic carbocycles. The molecule has 1 aromatic rings. The summed E-state index contributed by atoms with van der Waals surface area (Å²) in [6.07, 6.45) is 1.01. The molecule has 1 fully saturated rings. The first-order chi connectivity index (χ1) is 9.06. The first kappa shape index (κ1) is 14.0. The number of pyridine rings is 1. The Kier molecular flexibility index (Phi) is 4.49. The van der Waals surface area contributed by atoms with Gasteiger partial charge in [-0.15, -0.1) is 0 Å². The van der Waals surface area contributed by atoms with E-state index >= 15 is 0 Å². The lowest BCUT2D eigenvalue weighted by molar-refractivity contribution is -0.141. The van der Waals surface area contributed by atoms with Gasteiger partial charge in [0, 0.05) is 23.8 Å². The van der Waals surface area contributed by atoms with Crippen molar-refractivity contribution in [3.8, 4) is 0 Å². The summed E-state index contributed by atoms with van der Waals surface area (Å²) in [5.74, 6) is -1.13. The molecule has 1 saturated heterocycles. The average molecular weight is 329 g/mol. The van der Waals surface area contributed by atoms with Crippen LogP contribution in [0.15, 0.2) is 22.8 Å². The Morgan fingerprint density at radius 1 is 1.53 bits per heavy atom. The monoisotopic (exact) mass is 328 g/mol. The minimum Gasteiger partial charge on any atom is -0.481 e. The largest absolute Gasteiger partial charge is 0.481 e. The van der Waals surface area contributed by atoms with Gasteiger partial charge in [-0.3, -0.25) is 9.59 Å². The van der Waals surface area contributed by atoms with Gasteiger partial charge in [-0.1, -0.05) is 0 Å². The van der Waals surface area contributed by atoms with Gasteiger partial charge in [-0.25, -0.2) is 4.98 Å². The number of ether oxygens (including phenoxy) is 1. The second-order valence-corrected chi connectivity index (χ2v) is 5.12. The standard InChI is InChI=1S/C12H13BrN2O4/c13-8-1-2-10(14-6-8)12(18)15-3-4-19-9(7-15)5-11(16)17/h1-2,6,9H,3-5,7H2,(H,16,17). The number of halogens is 1. The zero-order valence-corrected chi connectivity index (χ0v) is 11.7. The van der Waals surface area contributed by atoms with Gasteiger partial charge in [-0.05, 0) is 28.1 Å². The molecule has 19 heavy (non-hydrogen) atoms. The van der Waals surface area contributed by atoms with E-state index in [0.29, 0.717) is 18.8 Å². The molecule has 2 heterocycles. The van der Waals surface area contributed by atoms with Gasteiger partial charge < -0.3 is 14.7 Å². The first-order valence-electron chi connectivity index (χ1n) is 5.80. The van der Waals surface area contributed by atoms with E-state index in [9.17, 15) is 9.59 Å². The second-order valence-electron chi connectivity index (χ2n) is 4.20. The van der Waals surface area contributed by atoms with Crippen molar-refractivity contribution in [1.82, 2.24) is 9.88 Å². The number of hydrogen-bond donors (Lipinski definition) is 1. The van der Waals surface area contributed by atoms with E-state index < -0.39 is 12.1 Å². The van der Waals surface area contributed by atoms with Crippen molar-refractivity contribution >= 4 is 27.8 Å². The molecular formula is C12H13BrN2O4. The van der Waals surface area contributed by atoms with Crippen molar-refractivity contribution in [2.45, 2.75) is 12.5 Å². The number of carbonyl (C=O) groups excluding carboxylic acids is 1. The van der Waals surface area contributed by atoms with Crippen LogP contribution < -0.4 is 0 Å². The Morgan fingerprint density at radius 2 is 2.32 bits per heavy atom. The number of hydrogen-bond acceptors (Lipinski definition) is 4. The molecule has 1 N–H and O–H groups in total. The minimum absolute atomic E-state index is 0.0997. The van der Waals surface area contributed by atoms with Crippen molar-refractivity contribution in [3.05, 3.63) is 28.5 Å². The number of carbonyl (C=O) groups is 2. The summed E-state index contributed by atoms with van der Waals surface area (Å²) in [6, 6.07) is 3.38. The van der Waals surface area contributed by atoms with Crippen LogP contribution in [0.3, 0.4) is 0 Å². The molecule has 2 rings (SSSR count). The summed E-state index contributed by atoms with van der Waals surface area (Å²) >= 11 is 3.25. The van der Waals surface area contributed by atoms with Crippen LogP contribution in [0, 0.1) is 0 Å². The SMILES string of the molecule is O=C(O)CC1CN(C(=O)c2ccc(Br)cn2)CCO1. The van der Waals surface area contributed by atoms with E-state index in [2.05, 4.69) is 20.9 Å².